The van der Waals surface area contributed by atoms with Crippen molar-refractivity contribution in [3.63, 3.8) is 0 Å². The monoisotopic (exact) mass is 391 g/mol. The number of nitrogens with one attached hydrogen (secondary N) is 1. The van der Waals surface area contributed by atoms with Gasteiger partial charge in [0.05, 0.1) is 0 Å². The molecule has 1 aromatic carbocycles. The van der Waals surface area contributed by atoms with Crippen LogP contribution in [-0.4, -0.2) is 43.9 Å². The number of carbonyl (C=O) groups excluding carboxylic acids is 2. The van der Waals surface area contributed by atoms with Gasteiger partial charge in [-0.25, -0.2) is 0 Å². The molecule has 2 amide bonds. The maximum Gasteiger partial charge on any atom is 0.255 e. The summed E-state index contributed by atoms with van der Waals surface area (Å²) in [6, 6.07) is 12.8. The van der Waals surface area contributed by atoms with Crippen LogP contribution < -0.4 is 5.32 Å². The van der Waals surface area contributed by atoms with Crippen molar-refractivity contribution in [2.24, 2.45) is 5.92 Å². The van der Waals surface area contributed by atoms with Gasteiger partial charge in [0.2, 0.25) is 5.91 Å². The van der Waals surface area contributed by atoms with Crippen LogP contribution in [0.3, 0.4) is 0 Å². The number of hydrogen-bond donors (Lipinski definition) is 1. The molecular weight excluding hydrogens is 366 g/mol. The number of rotatable bonds is 7. The van der Waals surface area contributed by atoms with E-state index >= 15 is 0 Å². The average molecular weight is 391 g/mol. The first-order valence-electron chi connectivity index (χ1n) is 10.00. The molecule has 0 radical (unpaired) electrons. The zero-order valence-electron chi connectivity index (χ0n) is 16.7. The minimum atomic E-state index is -0.481. The van der Waals surface area contributed by atoms with Crippen molar-refractivity contribution >= 4 is 17.5 Å². The van der Waals surface area contributed by atoms with E-state index < -0.39 is 6.04 Å². The SMILES string of the molecule is CC(C)C[C@H](C(=O)NCCc1nnc2ccccn12)N1Cc2ccccc2C1=O. The third-order valence-electron chi connectivity index (χ3n) is 5.26. The summed E-state index contributed by atoms with van der Waals surface area (Å²) in [5, 5.41) is 11.3. The second-order valence-electron chi connectivity index (χ2n) is 7.82. The van der Waals surface area contributed by atoms with Gasteiger partial charge in [0.25, 0.3) is 5.91 Å². The summed E-state index contributed by atoms with van der Waals surface area (Å²) in [6.07, 6.45) is 3.10. The van der Waals surface area contributed by atoms with Crippen LogP contribution in [0.25, 0.3) is 5.65 Å². The maximum atomic E-state index is 13.0. The smallest absolute Gasteiger partial charge is 0.255 e. The second kappa shape index (κ2) is 8.03. The van der Waals surface area contributed by atoms with Crippen molar-refractivity contribution in [1.29, 1.82) is 0 Å². The van der Waals surface area contributed by atoms with Crippen LogP contribution in [0.2, 0.25) is 0 Å². The number of amides is 2. The summed E-state index contributed by atoms with van der Waals surface area (Å²) in [5.41, 5.74) is 2.46. The fourth-order valence-corrected chi connectivity index (χ4v) is 3.83. The van der Waals surface area contributed by atoms with Crippen molar-refractivity contribution in [2.45, 2.75) is 39.3 Å². The molecule has 0 spiro atoms. The zero-order chi connectivity index (χ0) is 20.4. The lowest BCUT2D eigenvalue weighted by atomic mass is 10.0. The molecule has 1 atom stereocenters. The lowest BCUT2D eigenvalue weighted by molar-refractivity contribution is -0.126. The highest BCUT2D eigenvalue weighted by atomic mass is 16.2. The molecule has 0 saturated heterocycles. The van der Waals surface area contributed by atoms with Gasteiger partial charge in [0.1, 0.15) is 11.9 Å². The quantitative estimate of drug-likeness (QED) is 0.671. The van der Waals surface area contributed by atoms with E-state index in [2.05, 4.69) is 29.4 Å². The number of hydrogen-bond acceptors (Lipinski definition) is 4. The fraction of sp³-hybridized carbons (Fsp3) is 0.364. The van der Waals surface area contributed by atoms with E-state index in [0.717, 1.165) is 17.0 Å². The summed E-state index contributed by atoms with van der Waals surface area (Å²) in [4.78, 5) is 27.6. The van der Waals surface area contributed by atoms with Crippen LogP contribution in [0.5, 0.6) is 0 Å². The number of benzene rings is 1. The van der Waals surface area contributed by atoms with Crippen LogP contribution in [0.4, 0.5) is 0 Å². The molecule has 0 bridgehead atoms. The molecule has 29 heavy (non-hydrogen) atoms. The van der Waals surface area contributed by atoms with Crippen molar-refractivity contribution in [2.75, 3.05) is 6.54 Å². The van der Waals surface area contributed by atoms with E-state index in [9.17, 15) is 9.59 Å². The Balaban J connectivity index is 1.43. The van der Waals surface area contributed by atoms with E-state index in [-0.39, 0.29) is 11.8 Å². The van der Waals surface area contributed by atoms with Crippen LogP contribution >= 0.6 is 0 Å². The summed E-state index contributed by atoms with van der Waals surface area (Å²) >= 11 is 0. The molecule has 3 heterocycles. The third-order valence-corrected chi connectivity index (χ3v) is 5.26. The van der Waals surface area contributed by atoms with Gasteiger partial charge in [-0.2, -0.15) is 0 Å². The molecule has 1 aliphatic rings. The molecule has 7 heteroatoms. The zero-order valence-corrected chi connectivity index (χ0v) is 16.7. The predicted molar refractivity (Wildman–Crippen MR) is 109 cm³/mol. The molecule has 0 aliphatic carbocycles. The standard InChI is InChI=1S/C22H25N5O2/c1-15(2)13-18(27-14-16-7-3-4-8-17(16)22(27)29)21(28)23-11-10-20-25-24-19-9-5-6-12-26(19)20/h3-9,12,15,18H,10-11,13-14H2,1-2H3,(H,23,28)/t18-/m1/s1. The molecule has 0 unspecified atom stereocenters. The fourth-order valence-electron chi connectivity index (χ4n) is 3.83. The predicted octanol–water partition coefficient (Wildman–Crippen LogP) is 2.46. The van der Waals surface area contributed by atoms with Crippen LogP contribution in [0.15, 0.2) is 48.7 Å². The highest BCUT2D eigenvalue weighted by Crippen LogP contribution is 2.26. The first-order chi connectivity index (χ1) is 14.0. The van der Waals surface area contributed by atoms with Crippen molar-refractivity contribution in [3.8, 4) is 0 Å². The van der Waals surface area contributed by atoms with E-state index in [0.29, 0.717) is 37.4 Å². The van der Waals surface area contributed by atoms with Crippen molar-refractivity contribution in [3.05, 3.63) is 65.6 Å². The Morgan fingerprint density at radius 1 is 1.14 bits per heavy atom. The van der Waals surface area contributed by atoms with Crippen LogP contribution in [-0.2, 0) is 17.8 Å². The van der Waals surface area contributed by atoms with Gasteiger partial charge >= 0.3 is 0 Å². The molecule has 1 N–H and O–H groups in total. The van der Waals surface area contributed by atoms with Crippen molar-refractivity contribution < 1.29 is 9.59 Å². The maximum absolute atomic E-state index is 13.0. The molecule has 0 saturated carbocycles. The minimum Gasteiger partial charge on any atom is -0.354 e. The molecule has 2 aromatic heterocycles. The summed E-state index contributed by atoms with van der Waals surface area (Å²) in [7, 11) is 0. The Morgan fingerprint density at radius 3 is 2.72 bits per heavy atom. The topological polar surface area (TPSA) is 79.6 Å². The number of nitrogens with zero attached hydrogens (tertiary/aromatic N) is 4. The van der Waals surface area contributed by atoms with Gasteiger partial charge in [-0.3, -0.25) is 14.0 Å². The molecule has 1 aliphatic heterocycles. The highest BCUT2D eigenvalue weighted by molar-refractivity contribution is 6.01. The highest BCUT2D eigenvalue weighted by Gasteiger charge is 2.36. The van der Waals surface area contributed by atoms with E-state index in [1.54, 1.807) is 4.90 Å². The second-order valence-corrected chi connectivity index (χ2v) is 7.82. The van der Waals surface area contributed by atoms with Gasteiger partial charge in [0, 0.05) is 31.3 Å². The Hall–Kier alpha value is -3.22. The summed E-state index contributed by atoms with van der Waals surface area (Å²) in [5.74, 6) is 0.909. The minimum absolute atomic E-state index is 0.0650. The van der Waals surface area contributed by atoms with Gasteiger partial charge in [-0.05, 0) is 36.1 Å². The molecule has 3 aromatic rings. The first-order valence-corrected chi connectivity index (χ1v) is 10.00. The first kappa shape index (κ1) is 19.1. The van der Waals surface area contributed by atoms with Crippen LogP contribution in [0, 0.1) is 5.92 Å². The number of carbonyl (C=O) groups is 2. The van der Waals surface area contributed by atoms with Gasteiger partial charge in [0.15, 0.2) is 5.65 Å². The Labute approximate surface area is 169 Å². The van der Waals surface area contributed by atoms with Gasteiger partial charge in [-0.15, -0.1) is 10.2 Å². The Bertz CT molecular complexity index is 1040. The van der Waals surface area contributed by atoms with E-state index in [1.807, 2.05) is 53.1 Å². The molecule has 0 fully saturated rings. The molecule has 4 rings (SSSR count). The Kier molecular flexibility index (Phi) is 5.29. The largest absolute Gasteiger partial charge is 0.354 e. The Morgan fingerprint density at radius 2 is 1.93 bits per heavy atom. The summed E-state index contributed by atoms with van der Waals surface area (Å²) < 4.78 is 1.92. The molecule has 7 nitrogen and oxygen atoms in total. The van der Waals surface area contributed by atoms with Crippen molar-refractivity contribution in [1.82, 2.24) is 24.8 Å². The lowest BCUT2D eigenvalue weighted by Gasteiger charge is -2.28. The van der Waals surface area contributed by atoms with E-state index in [1.165, 1.54) is 0 Å². The van der Waals surface area contributed by atoms with Crippen LogP contribution in [0.1, 0.15) is 42.0 Å². The lowest BCUT2D eigenvalue weighted by Crippen LogP contribution is -2.48. The van der Waals surface area contributed by atoms with Gasteiger partial charge in [-0.1, -0.05) is 38.1 Å². The molecule has 150 valence electrons. The average Bonchev–Trinajstić information content (AvgIpc) is 3.28. The number of pyridine rings is 1. The van der Waals surface area contributed by atoms with Gasteiger partial charge < -0.3 is 10.2 Å². The third kappa shape index (κ3) is 3.85. The normalized spacial score (nSPS) is 14.4. The summed E-state index contributed by atoms with van der Waals surface area (Å²) in [6.45, 7) is 5.05. The number of aromatic nitrogens is 3. The van der Waals surface area contributed by atoms with E-state index in [4.69, 9.17) is 0 Å². The molecular formula is C22H25N5O2. The number of fused-ring (bicyclic) bond motifs is 2.